The second kappa shape index (κ2) is 4.72. The molecule has 0 aromatic heterocycles. The topological polar surface area (TPSA) is 46.5 Å². The van der Waals surface area contributed by atoms with Gasteiger partial charge in [0, 0.05) is 5.56 Å². The summed E-state index contributed by atoms with van der Waals surface area (Å²) in [4.78, 5) is 0.281. The van der Waals surface area contributed by atoms with Crippen LogP contribution in [0.25, 0.3) is 6.08 Å². The maximum absolute atomic E-state index is 11.9. The molecular weight excluding hydrogens is 270 g/mol. The Balaban J connectivity index is 1.98. The molecule has 0 saturated carbocycles. The molecule has 3 nitrogen and oxygen atoms in total. The van der Waals surface area contributed by atoms with Gasteiger partial charge in [-0.1, -0.05) is 54.1 Å². The van der Waals surface area contributed by atoms with E-state index in [1.54, 1.807) is 24.3 Å². The molecule has 1 heterocycles. The van der Waals surface area contributed by atoms with Crippen molar-refractivity contribution in [3.8, 4) is 0 Å². The van der Waals surface area contributed by atoms with E-state index in [4.69, 9.17) is 0 Å². The molecule has 3 rings (SSSR count). The highest BCUT2D eigenvalue weighted by molar-refractivity contribution is 7.90. The molecule has 0 spiro atoms. The van der Waals surface area contributed by atoms with Gasteiger partial charge in [0.05, 0.1) is 10.6 Å². The summed E-state index contributed by atoms with van der Waals surface area (Å²) in [6, 6.07) is 14.9. The summed E-state index contributed by atoms with van der Waals surface area (Å²) in [7, 11) is -3.53. The first-order chi connectivity index (χ1) is 9.56. The van der Waals surface area contributed by atoms with Crippen molar-refractivity contribution in [3.05, 3.63) is 71.3 Å². The molecule has 0 unspecified atom stereocenters. The minimum atomic E-state index is -3.53. The fraction of sp³-hybridized carbons (Fsp3) is 0.0625. The first kappa shape index (κ1) is 12.8. The van der Waals surface area contributed by atoms with Crippen LogP contribution in [0.15, 0.2) is 63.9 Å². The predicted octanol–water partition coefficient (Wildman–Crippen LogP) is 3.20. The SMILES string of the molecule is Cc1ccc(C=CC2=NS(=O)(=O)c3ccccc32)cc1. The lowest BCUT2D eigenvalue weighted by atomic mass is 10.1. The molecule has 20 heavy (non-hydrogen) atoms. The van der Waals surface area contributed by atoms with E-state index in [0.29, 0.717) is 11.3 Å². The molecule has 2 aromatic rings. The average Bonchev–Trinajstić information content (AvgIpc) is 2.70. The number of fused-ring (bicyclic) bond motifs is 1. The molecule has 0 amide bonds. The number of benzene rings is 2. The lowest BCUT2D eigenvalue weighted by Crippen LogP contribution is -1.93. The molecule has 2 aromatic carbocycles. The molecule has 0 saturated heterocycles. The third-order valence-corrected chi connectivity index (χ3v) is 4.52. The zero-order valence-electron chi connectivity index (χ0n) is 10.9. The molecule has 1 aliphatic rings. The lowest BCUT2D eigenvalue weighted by Gasteiger charge is -1.97. The van der Waals surface area contributed by atoms with E-state index in [1.807, 2.05) is 43.3 Å². The second-order valence-electron chi connectivity index (χ2n) is 4.69. The van der Waals surface area contributed by atoms with Crippen molar-refractivity contribution in [2.24, 2.45) is 4.40 Å². The zero-order valence-corrected chi connectivity index (χ0v) is 11.8. The van der Waals surface area contributed by atoms with Crippen LogP contribution in [0, 0.1) is 6.92 Å². The van der Waals surface area contributed by atoms with Crippen LogP contribution in [-0.2, 0) is 10.0 Å². The van der Waals surface area contributed by atoms with Gasteiger partial charge in [0.15, 0.2) is 0 Å². The number of allylic oxidation sites excluding steroid dienone is 1. The fourth-order valence-electron chi connectivity index (χ4n) is 2.10. The smallest absolute Gasteiger partial charge is 0.199 e. The van der Waals surface area contributed by atoms with Crippen molar-refractivity contribution in [2.75, 3.05) is 0 Å². The normalized spacial score (nSPS) is 16.1. The van der Waals surface area contributed by atoms with Gasteiger partial charge >= 0.3 is 0 Å². The van der Waals surface area contributed by atoms with Crippen LogP contribution >= 0.6 is 0 Å². The molecule has 100 valence electrons. The minimum Gasteiger partial charge on any atom is -0.199 e. The van der Waals surface area contributed by atoms with E-state index in [0.717, 1.165) is 5.56 Å². The Labute approximate surface area is 118 Å². The van der Waals surface area contributed by atoms with Crippen molar-refractivity contribution in [2.45, 2.75) is 11.8 Å². The number of hydrogen-bond acceptors (Lipinski definition) is 2. The predicted molar refractivity (Wildman–Crippen MR) is 80.4 cm³/mol. The highest BCUT2D eigenvalue weighted by Gasteiger charge is 2.26. The van der Waals surface area contributed by atoms with Gasteiger partial charge in [-0.15, -0.1) is 0 Å². The molecule has 1 aliphatic heterocycles. The second-order valence-corrected chi connectivity index (χ2v) is 6.26. The van der Waals surface area contributed by atoms with Gasteiger partial charge in [0.25, 0.3) is 10.0 Å². The third-order valence-electron chi connectivity index (χ3n) is 3.17. The van der Waals surface area contributed by atoms with Crippen LogP contribution in [0.1, 0.15) is 16.7 Å². The number of aryl methyl sites for hydroxylation is 1. The summed E-state index contributed by atoms with van der Waals surface area (Å²) in [6.07, 6.45) is 3.62. The number of nitrogens with zero attached hydrogens (tertiary/aromatic N) is 1. The van der Waals surface area contributed by atoms with Crippen LogP contribution in [0.2, 0.25) is 0 Å². The van der Waals surface area contributed by atoms with Crippen molar-refractivity contribution >= 4 is 21.8 Å². The van der Waals surface area contributed by atoms with E-state index in [9.17, 15) is 8.42 Å². The maximum atomic E-state index is 11.9. The Morgan fingerprint density at radius 1 is 0.950 bits per heavy atom. The van der Waals surface area contributed by atoms with Gasteiger partial charge in [-0.25, -0.2) is 0 Å². The van der Waals surface area contributed by atoms with Gasteiger partial charge in [-0.05, 0) is 24.6 Å². The Hall–Kier alpha value is -2.20. The molecule has 0 radical (unpaired) electrons. The number of hydrogen-bond donors (Lipinski definition) is 0. The summed E-state index contributed by atoms with van der Waals surface area (Å²) in [5.41, 5.74) is 3.35. The lowest BCUT2D eigenvalue weighted by molar-refractivity contribution is 0.599. The quantitative estimate of drug-likeness (QED) is 0.849. The van der Waals surface area contributed by atoms with Crippen LogP contribution in [0.4, 0.5) is 0 Å². The van der Waals surface area contributed by atoms with Crippen LogP contribution < -0.4 is 0 Å². The third kappa shape index (κ3) is 2.30. The highest BCUT2D eigenvalue weighted by Crippen LogP contribution is 2.26. The van der Waals surface area contributed by atoms with E-state index in [-0.39, 0.29) is 4.90 Å². The average molecular weight is 283 g/mol. The number of rotatable bonds is 2. The molecular formula is C16H13NO2S. The Bertz CT molecular complexity index is 816. The van der Waals surface area contributed by atoms with Gasteiger partial charge < -0.3 is 0 Å². The van der Waals surface area contributed by atoms with Gasteiger partial charge in [-0.3, -0.25) is 0 Å². The Morgan fingerprint density at radius 3 is 2.40 bits per heavy atom. The van der Waals surface area contributed by atoms with E-state index >= 15 is 0 Å². The Kier molecular flexibility index (Phi) is 3.03. The van der Waals surface area contributed by atoms with E-state index in [2.05, 4.69) is 4.40 Å². The first-order valence-electron chi connectivity index (χ1n) is 6.25. The van der Waals surface area contributed by atoms with Crippen molar-refractivity contribution in [1.82, 2.24) is 0 Å². The van der Waals surface area contributed by atoms with Crippen LogP contribution in [0.5, 0.6) is 0 Å². The van der Waals surface area contributed by atoms with Crippen LogP contribution in [-0.4, -0.2) is 14.1 Å². The highest BCUT2D eigenvalue weighted by atomic mass is 32.2. The molecule has 0 fully saturated rings. The largest absolute Gasteiger partial charge is 0.283 e. The van der Waals surface area contributed by atoms with E-state index in [1.165, 1.54) is 5.56 Å². The fourth-order valence-corrected chi connectivity index (χ4v) is 3.32. The zero-order chi connectivity index (χ0) is 14.2. The summed E-state index contributed by atoms with van der Waals surface area (Å²) >= 11 is 0. The summed E-state index contributed by atoms with van der Waals surface area (Å²) in [5, 5.41) is 0. The summed E-state index contributed by atoms with van der Waals surface area (Å²) in [5.74, 6) is 0. The molecule has 0 bridgehead atoms. The van der Waals surface area contributed by atoms with Crippen LogP contribution in [0.3, 0.4) is 0 Å². The van der Waals surface area contributed by atoms with Crippen molar-refractivity contribution in [3.63, 3.8) is 0 Å². The standard InChI is InChI=1S/C16H13NO2S/c1-12-6-8-13(9-7-12)10-11-15-14-4-2-3-5-16(14)20(18,19)17-15/h2-11H,1H3. The van der Waals surface area contributed by atoms with Gasteiger partial charge in [0.2, 0.25) is 0 Å². The summed E-state index contributed by atoms with van der Waals surface area (Å²) in [6.45, 7) is 2.03. The monoisotopic (exact) mass is 283 g/mol. The van der Waals surface area contributed by atoms with Gasteiger partial charge in [-0.2, -0.15) is 12.8 Å². The molecule has 4 heteroatoms. The summed E-state index contributed by atoms with van der Waals surface area (Å²) < 4.78 is 27.6. The van der Waals surface area contributed by atoms with Gasteiger partial charge in [0.1, 0.15) is 0 Å². The maximum Gasteiger partial charge on any atom is 0.283 e. The van der Waals surface area contributed by atoms with Crippen molar-refractivity contribution in [1.29, 1.82) is 0 Å². The Morgan fingerprint density at radius 2 is 1.65 bits per heavy atom. The molecule has 0 atom stereocenters. The van der Waals surface area contributed by atoms with E-state index < -0.39 is 10.0 Å². The first-order valence-corrected chi connectivity index (χ1v) is 7.69. The van der Waals surface area contributed by atoms with Crippen molar-refractivity contribution < 1.29 is 8.42 Å². The number of sulfonamides is 1. The molecule has 0 aliphatic carbocycles. The minimum absolute atomic E-state index is 0.281. The molecule has 0 N–H and O–H groups in total.